The molecule has 0 saturated heterocycles. The van der Waals surface area contributed by atoms with Gasteiger partial charge >= 0.3 is 0 Å². The van der Waals surface area contributed by atoms with Crippen molar-refractivity contribution in [1.29, 1.82) is 0 Å². The Morgan fingerprint density at radius 2 is 2.35 bits per heavy atom. The molecule has 4 nitrogen and oxygen atoms in total. The second kappa shape index (κ2) is 6.74. The summed E-state index contributed by atoms with van der Waals surface area (Å²) in [5.41, 5.74) is 5.97. The summed E-state index contributed by atoms with van der Waals surface area (Å²) in [6, 6.07) is 3.28. The third-order valence-electron chi connectivity index (χ3n) is 2.68. The molecule has 1 aromatic rings. The summed E-state index contributed by atoms with van der Waals surface area (Å²) in [7, 11) is 1.63. The number of nitrogens with two attached hydrogens (primary N) is 1. The number of amides is 1. The molecule has 0 bridgehead atoms. The molecule has 2 N–H and O–H groups in total. The number of nitrogens with zero attached hydrogens (tertiary/aromatic N) is 1. The Morgan fingerprint density at radius 1 is 1.65 bits per heavy atom. The largest absolute Gasteiger partial charge is 0.383 e. The predicted octanol–water partition coefficient (Wildman–Crippen LogP) is 1.63. The number of carbonyl (C=O) groups excluding carboxylic acids is 1. The van der Waals surface area contributed by atoms with Crippen molar-refractivity contribution in [2.24, 2.45) is 5.73 Å². The fourth-order valence-corrected chi connectivity index (χ4v) is 2.50. The molecule has 0 radical (unpaired) electrons. The van der Waals surface area contributed by atoms with E-state index in [1.54, 1.807) is 12.0 Å². The monoisotopic (exact) mass is 256 g/mol. The van der Waals surface area contributed by atoms with Crippen molar-refractivity contribution >= 4 is 17.2 Å². The number of methoxy groups -OCH3 is 1. The predicted molar refractivity (Wildman–Crippen MR) is 70.0 cm³/mol. The molecule has 2 atom stereocenters. The summed E-state index contributed by atoms with van der Waals surface area (Å²) >= 11 is 1.51. The highest BCUT2D eigenvalue weighted by atomic mass is 32.1. The van der Waals surface area contributed by atoms with Gasteiger partial charge in [0.25, 0.3) is 0 Å². The molecule has 1 heterocycles. The standard InChI is InChI=1S/C12H20N2O2S/c1-4-14(9(2)8-16-3)12(15)11(13)10-6-5-7-17-10/h5-7,9,11H,4,8,13H2,1-3H3. The van der Waals surface area contributed by atoms with Crippen LogP contribution in [-0.2, 0) is 9.53 Å². The molecule has 0 aliphatic carbocycles. The number of hydrogen-bond acceptors (Lipinski definition) is 4. The quantitative estimate of drug-likeness (QED) is 0.841. The fourth-order valence-electron chi connectivity index (χ4n) is 1.78. The molecule has 96 valence electrons. The van der Waals surface area contributed by atoms with Crippen LogP contribution in [0, 0.1) is 0 Å². The molecular weight excluding hydrogens is 236 g/mol. The molecule has 0 aliphatic heterocycles. The van der Waals surface area contributed by atoms with E-state index in [4.69, 9.17) is 10.5 Å². The van der Waals surface area contributed by atoms with E-state index in [0.717, 1.165) is 4.88 Å². The minimum absolute atomic E-state index is 0.0421. The van der Waals surface area contributed by atoms with Gasteiger partial charge in [-0.2, -0.15) is 0 Å². The van der Waals surface area contributed by atoms with Crippen molar-refractivity contribution in [3.05, 3.63) is 22.4 Å². The van der Waals surface area contributed by atoms with Crippen LogP contribution < -0.4 is 5.73 Å². The number of ether oxygens (including phenoxy) is 1. The number of likely N-dealkylation sites (N-methyl/N-ethyl adjacent to an activating group) is 1. The van der Waals surface area contributed by atoms with E-state index in [9.17, 15) is 4.79 Å². The Bertz CT molecular complexity index is 340. The van der Waals surface area contributed by atoms with E-state index < -0.39 is 6.04 Å². The van der Waals surface area contributed by atoms with Gasteiger partial charge in [-0.05, 0) is 25.3 Å². The zero-order valence-corrected chi connectivity index (χ0v) is 11.4. The van der Waals surface area contributed by atoms with Crippen molar-refractivity contribution < 1.29 is 9.53 Å². The van der Waals surface area contributed by atoms with Crippen LogP contribution in [0.4, 0.5) is 0 Å². The first-order valence-electron chi connectivity index (χ1n) is 5.70. The summed E-state index contributed by atoms with van der Waals surface area (Å²) in [6.07, 6.45) is 0. The van der Waals surface area contributed by atoms with Crippen LogP contribution in [0.3, 0.4) is 0 Å². The molecule has 0 fully saturated rings. The smallest absolute Gasteiger partial charge is 0.245 e. The third kappa shape index (κ3) is 3.52. The van der Waals surface area contributed by atoms with Gasteiger partial charge in [-0.25, -0.2) is 0 Å². The van der Waals surface area contributed by atoms with Gasteiger partial charge in [0, 0.05) is 18.5 Å². The summed E-state index contributed by atoms with van der Waals surface area (Å²) in [5.74, 6) is -0.0421. The Morgan fingerprint density at radius 3 is 2.82 bits per heavy atom. The van der Waals surface area contributed by atoms with Crippen molar-refractivity contribution in [2.45, 2.75) is 25.9 Å². The maximum absolute atomic E-state index is 12.2. The minimum Gasteiger partial charge on any atom is -0.383 e. The van der Waals surface area contributed by atoms with Crippen LogP contribution in [0.1, 0.15) is 24.8 Å². The molecule has 0 aliphatic rings. The van der Waals surface area contributed by atoms with Crippen molar-refractivity contribution in [3.8, 4) is 0 Å². The highest BCUT2D eigenvalue weighted by Crippen LogP contribution is 2.19. The highest BCUT2D eigenvalue weighted by Gasteiger charge is 2.25. The molecule has 1 rings (SSSR count). The zero-order valence-electron chi connectivity index (χ0n) is 10.6. The number of hydrogen-bond donors (Lipinski definition) is 1. The van der Waals surface area contributed by atoms with E-state index >= 15 is 0 Å². The minimum atomic E-state index is -0.561. The van der Waals surface area contributed by atoms with Crippen LogP contribution in [0.5, 0.6) is 0 Å². The Hall–Kier alpha value is -0.910. The van der Waals surface area contributed by atoms with Gasteiger partial charge in [-0.1, -0.05) is 6.07 Å². The summed E-state index contributed by atoms with van der Waals surface area (Å²) < 4.78 is 5.07. The second-order valence-electron chi connectivity index (χ2n) is 3.92. The van der Waals surface area contributed by atoms with Crippen LogP contribution in [0.25, 0.3) is 0 Å². The normalized spacial score (nSPS) is 14.4. The lowest BCUT2D eigenvalue weighted by Crippen LogP contribution is -2.45. The first kappa shape index (κ1) is 14.2. The van der Waals surface area contributed by atoms with Gasteiger partial charge in [0.05, 0.1) is 12.6 Å². The molecule has 0 aromatic carbocycles. The molecule has 1 amide bonds. The van der Waals surface area contributed by atoms with E-state index in [1.807, 2.05) is 31.4 Å². The summed E-state index contributed by atoms with van der Waals surface area (Å²) in [4.78, 5) is 14.9. The third-order valence-corrected chi connectivity index (χ3v) is 3.63. The van der Waals surface area contributed by atoms with Gasteiger partial charge in [0.2, 0.25) is 5.91 Å². The average molecular weight is 256 g/mol. The average Bonchev–Trinajstić information content (AvgIpc) is 2.82. The lowest BCUT2D eigenvalue weighted by molar-refractivity contribution is -0.135. The molecule has 2 unspecified atom stereocenters. The topological polar surface area (TPSA) is 55.6 Å². The lowest BCUT2D eigenvalue weighted by atomic mass is 10.2. The van der Waals surface area contributed by atoms with Crippen LogP contribution in [0.2, 0.25) is 0 Å². The van der Waals surface area contributed by atoms with Gasteiger partial charge < -0.3 is 15.4 Å². The maximum Gasteiger partial charge on any atom is 0.245 e. The molecule has 5 heteroatoms. The van der Waals surface area contributed by atoms with E-state index in [-0.39, 0.29) is 11.9 Å². The Kier molecular flexibility index (Phi) is 5.61. The number of rotatable bonds is 6. The second-order valence-corrected chi connectivity index (χ2v) is 4.90. The fraction of sp³-hybridized carbons (Fsp3) is 0.583. The van der Waals surface area contributed by atoms with Crippen LogP contribution in [0.15, 0.2) is 17.5 Å². The van der Waals surface area contributed by atoms with E-state index in [1.165, 1.54) is 11.3 Å². The first-order valence-corrected chi connectivity index (χ1v) is 6.58. The number of carbonyl (C=O) groups is 1. The van der Waals surface area contributed by atoms with E-state index in [2.05, 4.69) is 0 Å². The number of thiophene rings is 1. The molecule has 17 heavy (non-hydrogen) atoms. The van der Waals surface area contributed by atoms with Crippen molar-refractivity contribution in [2.75, 3.05) is 20.3 Å². The van der Waals surface area contributed by atoms with Crippen LogP contribution >= 0.6 is 11.3 Å². The Balaban J connectivity index is 2.72. The van der Waals surface area contributed by atoms with Gasteiger partial charge in [-0.3, -0.25) is 4.79 Å². The molecule has 1 aromatic heterocycles. The maximum atomic E-state index is 12.2. The lowest BCUT2D eigenvalue weighted by Gasteiger charge is -2.29. The van der Waals surface area contributed by atoms with Gasteiger partial charge in [-0.15, -0.1) is 11.3 Å². The SMILES string of the molecule is CCN(C(=O)C(N)c1cccs1)C(C)COC. The van der Waals surface area contributed by atoms with Crippen molar-refractivity contribution in [1.82, 2.24) is 4.90 Å². The van der Waals surface area contributed by atoms with E-state index in [0.29, 0.717) is 13.2 Å². The van der Waals surface area contributed by atoms with Gasteiger partial charge in [0.15, 0.2) is 0 Å². The summed E-state index contributed by atoms with van der Waals surface area (Å²) in [5, 5.41) is 1.93. The molecule has 0 saturated carbocycles. The summed E-state index contributed by atoms with van der Waals surface area (Å²) in [6.45, 7) is 5.08. The highest BCUT2D eigenvalue weighted by molar-refractivity contribution is 7.10. The zero-order chi connectivity index (χ0) is 12.8. The molecular formula is C12H20N2O2S. The Labute approximate surface area is 106 Å². The first-order chi connectivity index (χ1) is 8.11. The molecule has 0 spiro atoms. The van der Waals surface area contributed by atoms with Gasteiger partial charge in [0.1, 0.15) is 6.04 Å². The van der Waals surface area contributed by atoms with Crippen molar-refractivity contribution in [3.63, 3.8) is 0 Å². The van der Waals surface area contributed by atoms with Crippen LogP contribution in [-0.4, -0.2) is 37.1 Å².